The van der Waals surface area contributed by atoms with Crippen LogP contribution in [0, 0.1) is 0 Å². The molecule has 0 unspecified atom stereocenters. The Morgan fingerprint density at radius 2 is 1.58 bits per heavy atom. The molecule has 0 radical (unpaired) electrons. The van der Waals surface area contributed by atoms with Crippen LogP contribution in [0.5, 0.6) is 0 Å². The van der Waals surface area contributed by atoms with Crippen molar-refractivity contribution in [3.8, 4) is 0 Å². The van der Waals surface area contributed by atoms with Gasteiger partial charge in [-0.2, -0.15) is 0 Å². The molecule has 0 amide bonds. The van der Waals surface area contributed by atoms with Crippen LogP contribution < -0.4 is 9.80 Å². The van der Waals surface area contributed by atoms with Gasteiger partial charge in [-0.25, -0.2) is 15.0 Å². The Hall–Kier alpha value is -1.96. The molecule has 0 N–H and O–H groups in total. The Balaban J connectivity index is 1.29. The van der Waals surface area contributed by atoms with Gasteiger partial charge in [-0.1, -0.05) is 11.6 Å². The zero-order valence-electron chi connectivity index (χ0n) is 14.7. The molecule has 2 aromatic heterocycles. The molecule has 0 atom stereocenters. The summed E-state index contributed by atoms with van der Waals surface area (Å²) in [4.78, 5) is 20.4. The van der Waals surface area contributed by atoms with Crippen molar-refractivity contribution in [1.29, 1.82) is 0 Å². The average molecular weight is 375 g/mol. The van der Waals surface area contributed by atoms with Crippen LogP contribution in [0.25, 0.3) is 0 Å². The molecule has 0 bridgehead atoms. The number of piperazine rings is 1. The number of rotatable bonds is 4. The van der Waals surface area contributed by atoms with Crippen molar-refractivity contribution in [3.05, 3.63) is 41.3 Å². The highest BCUT2D eigenvalue weighted by Crippen LogP contribution is 2.17. The fraction of sp³-hybridized carbons (Fsp3) is 0.500. The van der Waals surface area contributed by atoms with Crippen molar-refractivity contribution in [1.82, 2.24) is 19.9 Å². The van der Waals surface area contributed by atoms with Crippen LogP contribution in [0.15, 0.2) is 30.7 Å². The molecule has 8 heteroatoms. The Morgan fingerprint density at radius 1 is 0.846 bits per heavy atom. The highest BCUT2D eigenvalue weighted by atomic mass is 35.5. The molecule has 26 heavy (non-hydrogen) atoms. The molecule has 2 aromatic rings. The molecule has 2 aliphatic heterocycles. The number of halogens is 1. The van der Waals surface area contributed by atoms with E-state index in [-0.39, 0.29) is 0 Å². The van der Waals surface area contributed by atoms with E-state index in [2.05, 4.69) is 29.7 Å². The van der Waals surface area contributed by atoms with Gasteiger partial charge in [0.2, 0.25) is 5.95 Å². The Labute approximate surface area is 158 Å². The number of ether oxygens (including phenoxy) is 1. The van der Waals surface area contributed by atoms with Gasteiger partial charge in [0.15, 0.2) is 0 Å². The van der Waals surface area contributed by atoms with Crippen LogP contribution in [0.2, 0.25) is 5.02 Å². The smallest absolute Gasteiger partial charge is 0.225 e. The quantitative estimate of drug-likeness (QED) is 0.807. The molecule has 0 spiro atoms. The van der Waals surface area contributed by atoms with Gasteiger partial charge >= 0.3 is 0 Å². The first-order valence-electron chi connectivity index (χ1n) is 9.00. The van der Waals surface area contributed by atoms with Gasteiger partial charge in [0.05, 0.1) is 18.2 Å². The summed E-state index contributed by atoms with van der Waals surface area (Å²) >= 11 is 5.91. The molecule has 0 aromatic carbocycles. The van der Waals surface area contributed by atoms with Crippen LogP contribution in [-0.4, -0.2) is 72.3 Å². The predicted octanol–water partition coefficient (Wildman–Crippen LogP) is 1.68. The topological polar surface area (TPSA) is 57.6 Å². The lowest BCUT2D eigenvalue weighted by molar-refractivity contribution is 0.122. The molecule has 4 rings (SSSR count). The van der Waals surface area contributed by atoms with E-state index >= 15 is 0 Å². The maximum absolute atomic E-state index is 5.91. The predicted molar refractivity (Wildman–Crippen MR) is 102 cm³/mol. The fourth-order valence-electron chi connectivity index (χ4n) is 3.30. The van der Waals surface area contributed by atoms with Crippen molar-refractivity contribution >= 4 is 23.4 Å². The third-order valence-electron chi connectivity index (χ3n) is 4.80. The summed E-state index contributed by atoms with van der Waals surface area (Å²) in [5.74, 6) is 1.79. The Bertz CT molecular complexity index is 697. The molecule has 0 aliphatic carbocycles. The van der Waals surface area contributed by atoms with E-state index in [0.29, 0.717) is 5.02 Å². The summed E-state index contributed by atoms with van der Waals surface area (Å²) in [6.45, 7) is 8.01. The van der Waals surface area contributed by atoms with Gasteiger partial charge in [-0.15, -0.1) is 0 Å². The minimum atomic E-state index is 0.674. The minimum absolute atomic E-state index is 0.674. The summed E-state index contributed by atoms with van der Waals surface area (Å²) in [5, 5.41) is 0.674. The molecule has 7 nitrogen and oxygen atoms in total. The number of anilines is 2. The molecule has 138 valence electrons. The molecule has 2 saturated heterocycles. The first-order chi connectivity index (χ1) is 12.8. The lowest BCUT2D eigenvalue weighted by Crippen LogP contribution is -2.46. The van der Waals surface area contributed by atoms with Crippen LogP contribution in [0.1, 0.15) is 5.56 Å². The van der Waals surface area contributed by atoms with E-state index in [0.717, 1.165) is 76.4 Å². The first kappa shape index (κ1) is 17.5. The van der Waals surface area contributed by atoms with Crippen LogP contribution >= 0.6 is 11.6 Å². The monoisotopic (exact) mass is 374 g/mol. The second-order valence-corrected chi connectivity index (χ2v) is 7.02. The van der Waals surface area contributed by atoms with Gasteiger partial charge in [0.1, 0.15) is 5.82 Å². The molecular weight excluding hydrogens is 352 g/mol. The fourth-order valence-corrected chi connectivity index (χ4v) is 3.42. The maximum atomic E-state index is 5.91. The van der Waals surface area contributed by atoms with Crippen molar-refractivity contribution in [2.45, 2.75) is 6.54 Å². The van der Waals surface area contributed by atoms with E-state index in [1.165, 1.54) is 0 Å². The summed E-state index contributed by atoms with van der Waals surface area (Å²) in [6.07, 6.45) is 5.60. The summed E-state index contributed by atoms with van der Waals surface area (Å²) in [5.41, 5.74) is 1.15. The van der Waals surface area contributed by atoms with Crippen LogP contribution in [-0.2, 0) is 11.3 Å². The lowest BCUT2D eigenvalue weighted by Gasteiger charge is -2.35. The SMILES string of the molecule is Clc1ccc(N2CCN(Cc3cnc(N4CCOCC4)nc3)CC2)nc1. The third-order valence-corrected chi connectivity index (χ3v) is 5.02. The third kappa shape index (κ3) is 4.23. The largest absolute Gasteiger partial charge is 0.378 e. The van der Waals surface area contributed by atoms with Crippen LogP contribution in [0.3, 0.4) is 0 Å². The van der Waals surface area contributed by atoms with Gasteiger partial charge < -0.3 is 14.5 Å². The number of hydrogen-bond donors (Lipinski definition) is 0. The summed E-state index contributed by atoms with van der Waals surface area (Å²) in [7, 11) is 0. The zero-order chi connectivity index (χ0) is 17.8. The van der Waals surface area contributed by atoms with Gasteiger partial charge in [-0.3, -0.25) is 4.90 Å². The summed E-state index contributed by atoms with van der Waals surface area (Å²) in [6, 6.07) is 3.87. The van der Waals surface area contributed by atoms with Gasteiger partial charge in [0, 0.05) is 70.0 Å². The Morgan fingerprint density at radius 3 is 2.23 bits per heavy atom. The lowest BCUT2D eigenvalue weighted by atomic mass is 10.2. The van der Waals surface area contributed by atoms with Crippen molar-refractivity contribution in [2.75, 3.05) is 62.3 Å². The van der Waals surface area contributed by atoms with E-state index < -0.39 is 0 Å². The van der Waals surface area contributed by atoms with E-state index in [9.17, 15) is 0 Å². The standard InChI is InChI=1S/C18H23ClN6O/c19-16-1-2-17(20-13-16)24-5-3-23(4-6-24)14-15-11-21-18(22-12-15)25-7-9-26-10-8-25/h1-2,11-13H,3-10,14H2. The molecule has 4 heterocycles. The molecular formula is C18H23ClN6O. The second-order valence-electron chi connectivity index (χ2n) is 6.59. The highest BCUT2D eigenvalue weighted by Gasteiger charge is 2.19. The first-order valence-corrected chi connectivity index (χ1v) is 9.38. The minimum Gasteiger partial charge on any atom is -0.378 e. The van der Waals surface area contributed by atoms with Crippen LogP contribution in [0.4, 0.5) is 11.8 Å². The van der Waals surface area contributed by atoms with E-state index in [4.69, 9.17) is 16.3 Å². The second kappa shape index (κ2) is 8.16. The maximum Gasteiger partial charge on any atom is 0.225 e. The highest BCUT2D eigenvalue weighted by molar-refractivity contribution is 6.30. The number of hydrogen-bond acceptors (Lipinski definition) is 7. The molecule has 2 fully saturated rings. The van der Waals surface area contributed by atoms with Crippen molar-refractivity contribution in [2.24, 2.45) is 0 Å². The number of morpholine rings is 1. The van der Waals surface area contributed by atoms with Crippen molar-refractivity contribution in [3.63, 3.8) is 0 Å². The zero-order valence-corrected chi connectivity index (χ0v) is 15.5. The van der Waals surface area contributed by atoms with Gasteiger partial charge in [-0.05, 0) is 12.1 Å². The number of nitrogens with zero attached hydrogens (tertiary/aromatic N) is 6. The normalized spacial score (nSPS) is 19.0. The Kier molecular flexibility index (Phi) is 5.48. The molecule has 2 aliphatic rings. The number of pyridine rings is 1. The molecule has 0 saturated carbocycles. The van der Waals surface area contributed by atoms with Crippen molar-refractivity contribution < 1.29 is 4.74 Å². The number of aromatic nitrogens is 3. The van der Waals surface area contributed by atoms with E-state index in [1.54, 1.807) is 6.20 Å². The average Bonchev–Trinajstić information content (AvgIpc) is 2.71. The van der Waals surface area contributed by atoms with E-state index in [1.807, 2.05) is 24.5 Å². The summed E-state index contributed by atoms with van der Waals surface area (Å²) < 4.78 is 5.37. The van der Waals surface area contributed by atoms with Gasteiger partial charge in [0.25, 0.3) is 0 Å².